The maximum Gasteiger partial charge on any atom is 0.126 e. The van der Waals surface area contributed by atoms with Crippen LogP contribution >= 0.6 is 0 Å². The van der Waals surface area contributed by atoms with Crippen LogP contribution in [0.4, 0.5) is 0 Å². The van der Waals surface area contributed by atoms with Crippen LogP contribution in [0.1, 0.15) is 61.2 Å². The smallest absolute Gasteiger partial charge is 0.126 e. The van der Waals surface area contributed by atoms with Gasteiger partial charge in [-0.2, -0.15) is 0 Å². The van der Waals surface area contributed by atoms with Crippen molar-refractivity contribution >= 4 is 0 Å². The second kappa shape index (κ2) is 6.63. The third kappa shape index (κ3) is 2.85. The molecule has 0 amide bonds. The number of hydrogen-bond acceptors (Lipinski definition) is 1. The molecule has 0 unspecified atom stereocenters. The predicted octanol–water partition coefficient (Wildman–Crippen LogP) is 6.35. The molecule has 2 rings (SSSR count). The van der Waals surface area contributed by atoms with Gasteiger partial charge in [0.25, 0.3) is 0 Å². The topological polar surface area (TPSA) is 9.23 Å². The molecule has 0 heterocycles. The summed E-state index contributed by atoms with van der Waals surface area (Å²) in [5.74, 6) is 1.06. The van der Waals surface area contributed by atoms with Crippen molar-refractivity contribution in [3.8, 4) is 5.75 Å². The molecular weight excluding hydrogens is 292 g/mol. The van der Waals surface area contributed by atoms with Gasteiger partial charge in [-0.15, -0.1) is 0 Å². The lowest BCUT2D eigenvalue weighted by molar-refractivity contribution is 0.299. The monoisotopic (exact) mass is 324 g/mol. The molecule has 0 bridgehead atoms. The number of hydrogen-bond donors (Lipinski definition) is 0. The summed E-state index contributed by atoms with van der Waals surface area (Å²) in [6, 6.07) is 0. The second-order valence-electron chi connectivity index (χ2n) is 7.35. The Hall–Kier alpha value is -1.76. The van der Waals surface area contributed by atoms with E-state index in [0.29, 0.717) is 6.61 Å². The molecule has 2 aromatic carbocycles. The first-order chi connectivity index (χ1) is 11.1. The molecule has 0 radical (unpaired) electrons. The van der Waals surface area contributed by atoms with Gasteiger partial charge in [0.1, 0.15) is 12.4 Å². The minimum absolute atomic E-state index is 0.642. The Kier molecular flexibility index (Phi) is 5.13. The molecule has 0 aliphatic heterocycles. The minimum atomic E-state index is 0.642. The number of benzene rings is 2. The quantitative estimate of drug-likeness (QED) is 0.639. The Balaban J connectivity index is 2.48. The molecule has 2 aromatic rings. The highest BCUT2D eigenvalue weighted by Gasteiger charge is 2.16. The average Bonchev–Trinajstić information content (AvgIpc) is 2.57. The van der Waals surface area contributed by atoms with Crippen molar-refractivity contribution in [2.45, 2.75) is 75.8 Å². The number of ether oxygens (including phenoxy) is 1. The van der Waals surface area contributed by atoms with Crippen LogP contribution in [0.15, 0.2) is 0 Å². The van der Waals surface area contributed by atoms with Crippen molar-refractivity contribution in [1.82, 2.24) is 0 Å². The zero-order valence-corrected chi connectivity index (χ0v) is 17.1. The van der Waals surface area contributed by atoms with Gasteiger partial charge in [-0.25, -0.2) is 0 Å². The van der Waals surface area contributed by atoms with Crippen LogP contribution in [0.2, 0.25) is 0 Å². The Morgan fingerprint density at radius 1 is 0.417 bits per heavy atom. The van der Waals surface area contributed by atoms with Crippen molar-refractivity contribution in [2.75, 3.05) is 0 Å². The molecule has 0 N–H and O–H groups in total. The van der Waals surface area contributed by atoms with E-state index in [1.165, 1.54) is 61.2 Å². The molecule has 0 fully saturated rings. The van der Waals surface area contributed by atoms with Crippen molar-refractivity contribution in [3.05, 3.63) is 61.2 Å². The van der Waals surface area contributed by atoms with Crippen LogP contribution in [0.5, 0.6) is 5.75 Å². The van der Waals surface area contributed by atoms with Crippen LogP contribution in [0.3, 0.4) is 0 Å². The first kappa shape index (κ1) is 18.6. The summed E-state index contributed by atoms with van der Waals surface area (Å²) in [6.07, 6.45) is 0. The maximum absolute atomic E-state index is 6.38. The molecule has 0 aliphatic rings. The summed E-state index contributed by atoms with van der Waals surface area (Å²) in [4.78, 5) is 0. The summed E-state index contributed by atoms with van der Waals surface area (Å²) in [6.45, 7) is 22.7. The lowest BCUT2D eigenvalue weighted by Crippen LogP contribution is -2.08. The highest BCUT2D eigenvalue weighted by atomic mass is 16.5. The van der Waals surface area contributed by atoms with Crippen molar-refractivity contribution in [3.63, 3.8) is 0 Å². The van der Waals surface area contributed by atoms with E-state index in [9.17, 15) is 0 Å². The summed E-state index contributed by atoms with van der Waals surface area (Å²) in [5, 5.41) is 0. The van der Waals surface area contributed by atoms with E-state index >= 15 is 0 Å². The molecular formula is C23H32O. The van der Waals surface area contributed by atoms with Gasteiger partial charge in [0.05, 0.1) is 0 Å². The SMILES string of the molecule is Cc1c(C)c(C)c(COc2c(C)c(C)c(C)c(C)c2C)c(C)c1C. The third-order valence-electron chi connectivity index (χ3n) is 6.45. The molecule has 0 aliphatic carbocycles. The fourth-order valence-corrected chi connectivity index (χ4v) is 3.62. The Morgan fingerprint density at radius 3 is 1.08 bits per heavy atom. The van der Waals surface area contributed by atoms with E-state index in [1.54, 1.807) is 0 Å². The number of rotatable bonds is 3. The fourth-order valence-electron chi connectivity index (χ4n) is 3.62. The molecule has 1 nitrogen and oxygen atoms in total. The van der Waals surface area contributed by atoms with E-state index < -0.39 is 0 Å². The van der Waals surface area contributed by atoms with Crippen molar-refractivity contribution in [1.29, 1.82) is 0 Å². The Bertz CT molecular complexity index is 682. The van der Waals surface area contributed by atoms with E-state index in [4.69, 9.17) is 4.74 Å². The molecule has 0 saturated carbocycles. The standard InChI is InChI=1S/C23H32O/c1-12-14(3)18(7)22(19(8)15(12)4)11-24-23-20(9)16(5)13(2)17(6)21(23)10/h11H2,1-10H3. The molecule has 24 heavy (non-hydrogen) atoms. The normalized spacial score (nSPS) is 11.1. The molecule has 1 heteroatoms. The van der Waals surface area contributed by atoms with E-state index in [-0.39, 0.29) is 0 Å². The van der Waals surface area contributed by atoms with Crippen molar-refractivity contribution < 1.29 is 4.74 Å². The first-order valence-electron chi connectivity index (χ1n) is 8.85. The van der Waals surface area contributed by atoms with Gasteiger partial charge >= 0.3 is 0 Å². The van der Waals surface area contributed by atoms with Gasteiger partial charge in [-0.05, 0) is 130 Å². The zero-order valence-electron chi connectivity index (χ0n) is 17.1. The van der Waals surface area contributed by atoms with Crippen LogP contribution in [0.25, 0.3) is 0 Å². The summed E-state index contributed by atoms with van der Waals surface area (Å²) >= 11 is 0. The lowest BCUT2D eigenvalue weighted by Gasteiger charge is -2.22. The zero-order chi connectivity index (χ0) is 18.3. The van der Waals surface area contributed by atoms with Gasteiger partial charge in [-0.1, -0.05) is 0 Å². The van der Waals surface area contributed by atoms with Gasteiger partial charge in [0.2, 0.25) is 0 Å². The highest BCUT2D eigenvalue weighted by Crippen LogP contribution is 2.34. The van der Waals surface area contributed by atoms with Gasteiger partial charge < -0.3 is 4.74 Å². The minimum Gasteiger partial charge on any atom is -0.488 e. The third-order valence-corrected chi connectivity index (χ3v) is 6.45. The second-order valence-corrected chi connectivity index (χ2v) is 7.35. The summed E-state index contributed by atoms with van der Waals surface area (Å²) < 4.78 is 6.38. The van der Waals surface area contributed by atoms with Crippen LogP contribution < -0.4 is 4.74 Å². The average molecular weight is 325 g/mol. The lowest BCUT2D eigenvalue weighted by atomic mass is 9.90. The Labute approximate surface area is 148 Å². The van der Waals surface area contributed by atoms with Crippen LogP contribution in [-0.2, 0) is 6.61 Å². The largest absolute Gasteiger partial charge is 0.488 e. The van der Waals surface area contributed by atoms with E-state index in [0.717, 1.165) is 5.75 Å². The molecule has 0 spiro atoms. The predicted molar refractivity (Wildman–Crippen MR) is 105 cm³/mol. The summed E-state index contributed by atoms with van der Waals surface area (Å²) in [5.41, 5.74) is 14.9. The van der Waals surface area contributed by atoms with Gasteiger partial charge in [-0.3, -0.25) is 0 Å². The molecule has 0 aromatic heterocycles. The molecule has 130 valence electrons. The molecule has 0 saturated heterocycles. The maximum atomic E-state index is 6.38. The van der Waals surface area contributed by atoms with E-state index in [1.807, 2.05) is 0 Å². The molecule has 0 atom stereocenters. The fraction of sp³-hybridized carbons (Fsp3) is 0.478. The van der Waals surface area contributed by atoms with Gasteiger partial charge in [0.15, 0.2) is 0 Å². The van der Waals surface area contributed by atoms with Crippen LogP contribution in [0, 0.1) is 69.2 Å². The van der Waals surface area contributed by atoms with Crippen LogP contribution in [-0.4, -0.2) is 0 Å². The van der Waals surface area contributed by atoms with Gasteiger partial charge in [0, 0.05) is 0 Å². The first-order valence-corrected chi connectivity index (χ1v) is 8.85. The highest BCUT2D eigenvalue weighted by molar-refractivity contribution is 5.54. The summed E-state index contributed by atoms with van der Waals surface area (Å²) in [7, 11) is 0. The van der Waals surface area contributed by atoms with E-state index in [2.05, 4.69) is 69.2 Å². The Morgan fingerprint density at radius 2 is 0.708 bits per heavy atom. The van der Waals surface area contributed by atoms with Crippen molar-refractivity contribution in [2.24, 2.45) is 0 Å².